The maximum atomic E-state index is 2.76. The highest BCUT2D eigenvalue weighted by Crippen LogP contribution is 2.68. The van der Waals surface area contributed by atoms with Crippen LogP contribution in [-0.4, -0.2) is 6.71 Å². The minimum atomic E-state index is -0.0431. The standard InChI is InChI=1S/C80H89BN2/c1-49-39-58-72-71-63(79(15)33-23-24-34-80(72,79)16)43-54(52-25-19-17-20-26-52)44-65(71)81-64-31-30-56(46-69(64)83(70(40-49)73(58)81)66-32-29-55(74(4,5)6)45-57(66)53-27-21-18-22-28-53)82(67-47-61-59(41-50(67)2)75(7,8)35-37-77(61,11)12)68-48-62-60(42-51(68)3)76(9,10)36-38-78(62,13)14/h17-22,25-32,39-48,72H,23-24,33-38H2,1-16H3/t72-,79?,80?/m1/s1. The third kappa shape index (κ3) is 8.00. The van der Waals surface area contributed by atoms with E-state index in [4.69, 9.17) is 0 Å². The van der Waals surface area contributed by atoms with Crippen LogP contribution in [0.5, 0.6) is 0 Å². The Bertz CT molecular complexity index is 3910. The summed E-state index contributed by atoms with van der Waals surface area (Å²) in [7, 11) is 0. The van der Waals surface area contributed by atoms with E-state index in [1.54, 1.807) is 16.7 Å². The van der Waals surface area contributed by atoms with Crippen molar-refractivity contribution in [3.63, 3.8) is 0 Å². The minimum Gasteiger partial charge on any atom is -0.311 e. The largest absolute Gasteiger partial charge is 0.311 e. The summed E-state index contributed by atoms with van der Waals surface area (Å²) < 4.78 is 0. The number of rotatable bonds is 6. The second kappa shape index (κ2) is 18.2. The lowest BCUT2D eigenvalue weighted by Crippen LogP contribution is -2.62. The minimum absolute atomic E-state index is 0.0337. The van der Waals surface area contributed by atoms with Crippen LogP contribution in [0.2, 0.25) is 0 Å². The molecule has 0 aromatic heterocycles. The van der Waals surface area contributed by atoms with Gasteiger partial charge in [-0.2, -0.15) is 0 Å². The van der Waals surface area contributed by atoms with E-state index in [9.17, 15) is 0 Å². The SMILES string of the molecule is Cc1cc2c3c(c1)N(c1ccc(C(C)(C)C)cc1-c1ccccc1)c1cc(N(c4cc5c(cc4C)C(C)(C)CCC5(C)C)c4cc5c(cc4C)C(C)(C)CCC5(C)C)ccc1B3c1cc(-c3ccccc3)cc3c1[C@@H]2C1(C)CCCCC31C. The van der Waals surface area contributed by atoms with Crippen LogP contribution in [0, 0.1) is 26.2 Å². The summed E-state index contributed by atoms with van der Waals surface area (Å²) in [6.45, 7) is 39.5. The third-order valence-electron chi connectivity index (χ3n) is 23.0. The molecule has 2 nitrogen and oxygen atoms in total. The average Bonchev–Trinajstić information content (AvgIpc) is 1.62. The van der Waals surface area contributed by atoms with Gasteiger partial charge in [-0.05, 0) is 228 Å². The summed E-state index contributed by atoms with van der Waals surface area (Å²) >= 11 is 0. The molecule has 1 fully saturated rings. The van der Waals surface area contributed by atoms with E-state index in [1.807, 2.05) is 0 Å². The first-order valence-electron chi connectivity index (χ1n) is 31.9. The van der Waals surface area contributed by atoms with Crippen molar-refractivity contribution in [1.82, 2.24) is 0 Å². The molecule has 3 atom stereocenters. The van der Waals surface area contributed by atoms with E-state index in [0.717, 1.165) is 0 Å². The van der Waals surface area contributed by atoms with E-state index < -0.39 is 0 Å². The second-order valence-electron chi connectivity index (χ2n) is 31.2. The average molecular weight is 1090 g/mol. The first kappa shape index (κ1) is 54.4. The van der Waals surface area contributed by atoms with E-state index in [1.165, 1.54) is 169 Å². The van der Waals surface area contributed by atoms with Crippen molar-refractivity contribution in [1.29, 1.82) is 0 Å². The van der Waals surface area contributed by atoms with Crippen LogP contribution >= 0.6 is 0 Å². The third-order valence-corrected chi connectivity index (χ3v) is 23.0. The highest BCUT2D eigenvalue weighted by atomic mass is 15.2. The van der Waals surface area contributed by atoms with Gasteiger partial charge in [0.15, 0.2) is 0 Å². The van der Waals surface area contributed by atoms with Gasteiger partial charge in [-0.1, -0.05) is 211 Å². The molecule has 2 unspecified atom stereocenters. The fourth-order valence-electron chi connectivity index (χ4n) is 17.6. The van der Waals surface area contributed by atoms with Crippen molar-refractivity contribution in [2.24, 2.45) is 5.41 Å². The summed E-state index contributed by atoms with van der Waals surface area (Å²) in [6.07, 6.45) is 9.72. The Hall–Kier alpha value is -6.58. The van der Waals surface area contributed by atoms with Gasteiger partial charge < -0.3 is 9.80 Å². The Morgan fingerprint density at radius 3 is 1.60 bits per heavy atom. The van der Waals surface area contributed by atoms with Crippen molar-refractivity contribution in [2.75, 3.05) is 9.80 Å². The molecular formula is C80H89BN2. The first-order chi connectivity index (χ1) is 39.2. The predicted octanol–water partition coefficient (Wildman–Crippen LogP) is 20.0. The summed E-state index contributed by atoms with van der Waals surface area (Å²) in [5.74, 6) is 0.296. The number of benzene rings is 8. The number of hydrogen-bond acceptors (Lipinski definition) is 2. The molecule has 1 saturated carbocycles. The van der Waals surface area contributed by atoms with Crippen molar-refractivity contribution in [2.45, 2.75) is 201 Å². The molecule has 0 spiro atoms. The molecule has 422 valence electrons. The van der Waals surface area contributed by atoms with Gasteiger partial charge in [0, 0.05) is 39.9 Å². The van der Waals surface area contributed by atoms with Crippen LogP contribution in [0.4, 0.5) is 34.1 Å². The van der Waals surface area contributed by atoms with Crippen LogP contribution in [-0.2, 0) is 32.5 Å². The summed E-state index contributed by atoms with van der Waals surface area (Å²) in [5, 5.41) is 0. The lowest BCUT2D eigenvalue weighted by Gasteiger charge is -2.51. The summed E-state index contributed by atoms with van der Waals surface area (Å²) in [5.41, 5.74) is 33.6. The van der Waals surface area contributed by atoms with E-state index in [-0.39, 0.29) is 44.6 Å². The van der Waals surface area contributed by atoms with Gasteiger partial charge in [-0.3, -0.25) is 0 Å². The fraction of sp³-hybridized carbons (Fsp3) is 0.400. The molecule has 8 aromatic rings. The van der Waals surface area contributed by atoms with Crippen LogP contribution in [0.1, 0.15) is 208 Å². The number of nitrogens with zero attached hydrogens (tertiary/aromatic N) is 2. The molecule has 0 N–H and O–H groups in total. The van der Waals surface area contributed by atoms with Crippen LogP contribution in [0.3, 0.4) is 0 Å². The maximum absolute atomic E-state index is 2.76. The number of hydrogen-bond donors (Lipinski definition) is 0. The van der Waals surface area contributed by atoms with E-state index in [0.29, 0.717) is 5.92 Å². The summed E-state index contributed by atoms with van der Waals surface area (Å²) in [6, 6.07) is 58.8. The van der Waals surface area contributed by atoms with Gasteiger partial charge in [0.05, 0.1) is 5.69 Å². The molecule has 14 rings (SSSR count). The van der Waals surface area contributed by atoms with Crippen molar-refractivity contribution in [3.8, 4) is 22.3 Å². The second-order valence-corrected chi connectivity index (χ2v) is 31.2. The van der Waals surface area contributed by atoms with Crippen LogP contribution in [0.15, 0.2) is 146 Å². The number of aryl methyl sites for hydroxylation is 3. The van der Waals surface area contributed by atoms with Gasteiger partial charge in [-0.25, -0.2) is 0 Å². The topological polar surface area (TPSA) is 6.48 Å². The highest BCUT2D eigenvalue weighted by molar-refractivity contribution is 6.99. The normalized spacial score (nSPS) is 22.6. The zero-order chi connectivity index (χ0) is 58.3. The zero-order valence-electron chi connectivity index (χ0n) is 53.1. The van der Waals surface area contributed by atoms with Crippen molar-refractivity contribution in [3.05, 3.63) is 207 Å². The Labute approximate surface area is 499 Å². The Balaban J connectivity index is 1.11. The Morgan fingerprint density at radius 1 is 0.470 bits per heavy atom. The molecule has 2 heterocycles. The molecule has 4 aliphatic carbocycles. The zero-order valence-corrected chi connectivity index (χ0v) is 53.1. The quantitative estimate of drug-likeness (QED) is 0.153. The van der Waals surface area contributed by atoms with Gasteiger partial charge in [0.2, 0.25) is 6.71 Å². The smallest absolute Gasteiger partial charge is 0.247 e. The lowest BCUT2D eigenvalue weighted by molar-refractivity contribution is 0.0926. The van der Waals surface area contributed by atoms with E-state index in [2.05, 4.69) is 266 Å². The van der Waals surface area contributed by atoms with Crippen LogP contribution < -0.4 is 26.2 Å². The number of anilines is 6. The maximum Gasteiger partial charge on any atom is 0.247 e. The summed E-state index contributed by atoms with van der Waals surface area (Å²) in [4.78, 5) is 5.48. The monoisotopic (exact) mass is 1090 g/mol. The predicted molar refractivity (Wildman–Crippen MR) is 357 cm³/mol. The lowest BCUT2D eigenvalue weighted by atomic mass is 9.30. The van der Waals surface area contributed by atoms with Gasteiger partial charge >= 0.3 is 0 Å². The van der Waals surface area contributed by atoms with E-state index >= 15 is 0 Å². The molecule has 0 radical (unpaired) electrons. The highest BCUT2D eigenvalue weighted by Gasteiger charge is 2.62. The van der Waals surface area contributed by atoms with Gasteiger partial charge in [-0.15, -0.1) is 0 Å². The molecule has 6 aliphatic rings. The molecule has 3 heteroatoms. The molecule has 0 bridgehead atoms. The first-order valence-corrected chi connectivity index (χ1v) is 31.9. The molecule has 0 saturated heterocycles. The van der Waals surface area contributed by atoms with Gasteiger partial charge in [0.1, 0.15) is 0 Å². The van der Waals surface area contributed by atoms with Crippen molar-refractivity contribution >= 4 is 57.2 Å². The van der Waals surface area contributed by atoms with Crippen LogP contribution in [0.25, 0.3) is 22.3 Å². The Morgan fingerprint density at radius 2 is 1.02 bits per heavy atom. The Kier molecular flexibility index (Phi) is 11.9. The molecular weight excluding hydrogens is 1000 g/mol. The molecule has 0 amide bonds. The molecule has 2 aliphatic heterocycles. The van der Waals surface area contributed by atoms with Crippen molar-refractivity contribution < 1.29 is 0 Å². The fourth-order valence-corrected chi connectivity index (χ4v) is 17.6. The van der Waals surface area contributed by atoms with Gasteiger partial charge in [0.25, 0.3) is 0 Å². The molecule has 8 aromatic carbocycles. The number of fused-ring (bicyclic) bond motifs is 9. The molecule has 83 heavy (non-hydrogen) atoms.